The number of aromatic hydroxyl groups is 1. The number of phenolic OH excluding ortho intramolecular Hbond substituents is 1. The van der Waals surface area contributed by atoms with Gasteiger partial charge in [0.1, 0.15) is 11.8 Å². The first-order chi connectivity index (χ1) is 11.6. The summed E-state index contributed by atoms with van der Waals surface area (Å²) in [5.41, 5.74) is 0.724. The molecule has 2 rings (SSSR count). The van der Waals surface area contributed by atoms with Gasteiger partial charge in [-0.25, -0.2) is 0 Å². The zero-order valence-electron chi connectivity index (χ0n) is 14.3. The minimum atomic E-state index is -0.418. The van der Waals surface area contributed by atoms with Crippen LogP contribution in [0.5, 0.6) is 5.75 Å². The van der Waals surface area contributed by atoms with Gasteiger partial charge in [0.15, 0.2) is 0 Å². The minimum absolute atomic E-state index is 0.0422. The number of hydrogen-bond acceptors (Lipinski definition) is 3. The number of hydrogen-bond donors (Lipinski definition) is 1. The standard InChI is InChI=1S/C19H26N2O3/c1-3-5-12-20(14-15-9-6-7-11-17(15)22)19(24)16-10-8-13-21(16)18(23)4-2/h4,6-7,9,11,16,22H,2-3,5,8,10,12-14H2,1H3. The average molecular weight is 330 g/mol. The lowest BCUT2D eigenvalue weighted by Crippen LogP contribution is -2.47. The Labute approximate surface area is 143 Å². The number of phenols is 1. The third kappa shape index (κ3) is 4.16. The van der Waals surface area contributed by atoms with Crippen LogP contribution in [0.3, 0.4) is 0 Å². The van der Waals surface area contributed by atoms with Crippen molar-refractivity contribution in [3.63, 3.8) is 0 Å². The van der Waals surface area contributed by atoms with Gasteiger partial charge in [0.25, 0.3) is 0 Å². The van der Waals surface area contributed by atoms with Crippen LogP contribution in [0.25, 0.3) is 0 Å². The molecular formula is C19H26N2O3. The molecule has 1 aromatic rings. The molecule has 1 aliphatic heterocycles. The van der Waals surface area contributed by atoms with Crippen LogP contribution in [0.4, 0.5) is 0 Å². The Morgan fingerprint density at radius 1 is 1.42 bits per heavy atom. The number of carbonyl (C=O) groups is 2. The predicted octanol–water partition coefficient (Wildman–Crippen LogP) is 2.70. The molecule has 5 heteroatoms. The van der Waals surface area contributed by atoms with Crippen molar-refractivity contribution >= 4 is 11.8 Å². The van der Waals surface area contributed by atoms with E-state index in [-0.39, 0.29) is 17.6 Å². The predicted molar refractivity (Wildman–Crippen MR) is 93.4 cm³/mol. The molecule has 1 saturated heterocycles. The highest BCUT2D eigenvalue weighted by Gasteiger charge is 2.35. The van der Waals surface area contributed by atoms with Crippen molar-refractivity contribution in [1.29, 1.82) is 0 Å². The summed E-state index contributed by atoms with van der Waals surface area (Å²) in [6.07, 6.45) is 4.65. The topological polar surface area (TPSA) is 60.9 Å². The van der Waals surface area contributed by atoms with Crippen LogP contribution >= 0.6 is 0 Å². The molecular weight excluding hydrogens is 304 g/mol. The molecule has 1 heterocycles. The smallest absolute Gasteiger partial charge is 0.246 e. The maximum Gasteiger partial charge on any atom is 0.246 e. The van der Waals surface area contributed by atoms with E-state index in [0.29, 0.717) is 26.1 Å². The molecule has 0 aromatic heterocycles. The summed E-state index contributed by atoms with van der Waals surface area (Å²) in [5.74, 6) is -0.0412. The molecule has 5 nitrogen and oxygen atoms in total. The first-order valence-electron chi connectivity index (χ1n) is 8.57. The summed E-state index contributed by atoms with van der Waals surface area (Å²) in [6, 6.07) is 6.64. The quantitative estimate of drug-likeness (QED) is 0.782. The van der Waals surface area contributed by atoms with Gasteiger partial charge in [-0.2, -0.15) is 0 Å². The Kier molecular flexibility index (Phi) is 6.41. The van der Waals surface area contributed by atoms with E-state index in [0.717, 1.165) is 24.8 Å². The van der Waals surface area contributed by atoms with E-state index in [1.165, 1.54) is 6.08 Å². The summed E-state index contributed by atoms with van der Waals surface area (Å²) in [7, 11) is 0. The zero-order valence-corrected chi connectivity index (χ0v) is 14.3. The summed E-state index contributed by atoms with van der Waals surface area (Å²) < 4.78 is 0. The van der Waals surface area contributed by atoms with E-state index < -0.39 is 6.04 Å². The fourth-order valence-corrected chi connectivity index (χ4v) is 3.08. The molecule has 0 bridgehead atoms. The molecule has 1 atom stereocenters. The Morgan fingerprint density at radius 2 is 2.17 bits per heavy atom. The van der Waals surface area contributed by atoms with Gasteiger partial charge in [-0.3, -0.25) is 9.59 Å². The first-order valence-corrected chi connectivity index (χ1v) is 8.57. The van der Waals surface area contributed by atoms with Crippen molar-refractivity contribution in [2.75, 3.05) is 13.1 Å². The molecule has 2 amide bonds. The average Bonchev–Trinajstić information content (AvgIpc) is 3.08. The van der Waals surface area contributed by atoms with E-state index in [2.05, 4.69) is 13.5 Å². The summed E-state index contributed by atoms with van der Waals surface area (Å²) in [6.45, 7) is 7.18. The van der Waals surface area contributed by atoms with E-state index in [9.17, 15) is 14.7 Å². The first kappa shape index (κ1) is 18.0. The van der Waals surface area contributed by atoms with Crippen LogP contribution in [0.15, 0.2) is 36.9 Å². The van der Waals surface area contributed by atoms with E-state index >= 15 is 0 Å². The van der Waals surface area contributed by atoms with Crippen LogP contribution in [0.2, 0.25) is 0 Å². The SMILES string of the molecule is C=CC(=O)N1CCCC1C(=O)N(CCCC)Cc1ccccc1O. The molecule has 0 spiro atoms. The number of carbonyl (C=O) groups excluding carboxylic acids is 2. The van der Waals surface area contributed by atoms with Crippen molar-refractivity contribution in [2.45, 2.75) is 45.2 Å². The highest BCUT2D eigenvalue weighted by Crippen LogP contribution is 2.23. The van der Waals surface area contributed by atoms with Gasteiger partial charge in [0.2, 0.25) is 11.8 Å². The summed E-state index contributed by atoms with van der Waals surface area (Å²) in [4.78, 5) is 28.4. The highest BCUT2D eigenvalue weighted by molar-refractivity contribution is 5.93. The van der Waals surface area contributed by atoms with Gasteiger partial charge in [-0.05, 0) is 31.4 Å². The van der Waals surface area contributed by atoms with E-state index in [1.807, 2.05) is 12.1 Å². The van der Waals surface area contributed by atoms with Crippen LogP contribution in [-0.4, -0.2) is 45.9 Å². The fourth-order valence-electron chi connectivity index (χ4n) is 3.08. The second-order valence-corrected chi connectivity index (χ2v) is 6.14. The normalized spacial score (nSPS) is 16.9. The number of para-hydroxylation sites is 1. The van der Waals surface area contributed by atoms with Crippen molar-refractivity contribution in [1.82, 2.24) is 9.80 Å². The van der Waals surface area contributed by atoms with Crippen LogP contribution < -0.4 is 0 Å². The Balaban J connectivity index is 2.17. The van der Waals surface area contributed by atoms with Gasteiger partial charge >= 0.3 is 0 Å². The van der Waals surface area contributed by atoms with Crippen LogP contribution in [-0.2, 0) is 16.1 Å². The number of unbranched alkanes of at least 4 members (excludes halogenated alkanes) is 1. The zero-order chi connectivity index (χ0) is 17.5. The lowest BCUT2D eigenvalue weighted by atomic mass is 10.1. The number of rotatable bonds is 7. The number of nitrogens with zero attached hydrogens (tertiary/aromatic N) is 2. The molecule has 1 aliphatic rings. The summed E-state index contributed by atoms with van der Waals surface area (Å²) >= 11 is 0. The van der Waals surface area contributed by atoms with Gasteiger partial charge < -0.3 is 14.9 Å². The van der Waals surface area contributed by atoms with Crippen molar-refractivity contribution < 1.29 is 14.7 Å². The van der Waals surface area contributed by atoms with Gasteiger partial charge in [0.05, 0.1) is 0 Å². The van der Waals surface area contributed by atoms with Crippen molar-refractivity contribution in [2.24, 2.45) is 0 Å². The third-order valence-electron chi connectivity index (χ3n) is 4.44. The largest absolute Gasteiger partial charge is 0.508 e. The van der Waals surface area contributed by atoms with Crippen molar-refractivity contribution in [3.05, 3.63) is 42.5 Å². The van der Waals surface area contributed by atoms with Gasteiger partial charge in [-0.1, -0.05) is 38.1 Å². The second-order valence-electron chi connectivity index (χ2n) is 6.14. The molecule has 1 fully saturated rings. The summed E-state index contributed by atoms with van der Waals surface area (Å²) in [5, 5.41) is 9.99. The van der Waals surface area contributed by atoms with Crippen LogP contribution in [0, 0.1) is 0 Å². The van der Waals surface area contributed by atoms with Crippen molar-refractivity contribution in [3.8, 4) is 5.75 Å². The molecule has 130 valence electrons. The van der Waals surface area contributed by atoms with E-state index in [1.54, 1.807) is 21.9 Å². The molecule has 0 aliphatic carbocycles. The minimum Gasteiger partial charge on any atom is -0.508 e. The fraction of sp³-hybridized carbons (Fsp3) is 0.474. The molecule has 24 heavy (non-hydrogen) atoms. The van der Waals surface area contributed by atoms with Gasteiger partial charge in [-0.15, -0.1) is 0 Å². The molecule has 0 radical (unpaired) electrons. The third-order valence-corrected chi connectivity index (χ3v) is 4.44. The number of benzene rings is 1. The highest BCUT2D eigenvalue weighted by atomic mass is 16.3. The Bertz CT molecular complexity index is 600. The lowest BCUT2D eigenvalue weighted by molar-refractivity contribution is -0.142. The Morgan fingerprint density at radius 3 is 2.83 bits per heavy atom. The maximum absolute atomic E-state index is 13.0. The maximum atomic E-state index is 13.0. The molecule has 1 aromatic carbocycles. The molecule has 1 unspecified atom stereocenters. The second kappa shape index (κ2) is 8.52. The number of likely N-dealkylation sites (tertiary alicyclic amines) is 1. The Hall–Kier alpha value is -2.30. The lowest BCUT2D eigenvalue weighted by Gasteiger charge is -2.30. The van der Waals surface area contributed by atoms with Gasteiger partial charge in [0, 0.05) is 25.2 Å². The monoisotopic (exact) mass is 330 g/mol. The molecule has 0 saturated carbocycles. The molecule has 1 N–H and O–H groups in total. The van der Waals surface area contributed by atoms with E-state index in [4.69, 9.17) is 0 Å². The number of amides is 2. The van der Waals surface area contributed by atoms with Crippen LogP contribution in [0.1, 0.15) is 38.2 Å².